The molecular formula is C16H25N3O5. The molecule has 1 aliphatic heterocycles. The first kappa shape index (κ1) is 18.2. The quantitative estimate of drug-likeness (QED) is 0.385. The van der Waals surface area contributed by atoms with Crippen LogP contribution in [0, 0.1) is 0 Å². The van der Waals surface area contributed by atoms with Crippen molar-refractivity contribution >= 4 is 23.8 Å². The lowest BCUT2D eigenvalue weighted by Crippen LogP contribution is -2.44. The van der Waals surface area contributed by atoms with Crippen LogP contribution in [0.25, 0.3) is 0 Å². The van der Waals surface area contributed by atoms with E-state index in [-0.39, 0.29) is 11.8 Å². The zero-order valence-electron chi connectivity index (χ0n) is 14.1. The summed E-state index contributed by atoms with van der Waals surface area (Å²) in [5.74, 6) is -1.52. The minimum Gasteiger partial charge on any atom is -0.454 e. The molecule has 0 radical (unpaired) electrons. The summed E-state index contributed by atoms with van der Waals surface area (Å²) in [6.07, 6.45) is 5.91. The number of nitrogens with zero attached hydrogens (tertiary/aromatic N) is 1. The minimum absolute atomic E-state index is 0.369. The van der Waals surface area contributed by atoms with E-state index in [1.807, 2.05) is 0 Å². The van der Waals surface area contributed by atoms with E-state index >= 15 is 0 Å². The summed E-state index contributed by atoms with van der Waals surface area (Å²) in [6, 6.07) is -0.567. The average molecular weight is 339 g/mol. The van der Waals surface area contributed by atoms with Gasteiger partial charge in [0, 0.05) is 6.54 Å². The Morgan fingerprint density at radius 2 is 1.96 bits per heavy atom. The molecule has 2 fully saturated rings. The first-order valence-electron chi connectivity index (χ1n) is 8.55. The van der Waals surface area contributed by atoms with Gasteiger partial charge in [-0.05, 0) is 19.3 Å². The number of hydrogen-bond acceptors (Lipinski definition) is 5. The average Bonchev–Trinajstić information content (AvgIpc) is 3.11. The molecule has 1 saturated carbocycles. The molecule has 0 atom stereocenters. The molecule has 1 spiro atoms. The fourth-order valence-corrected chi connectivity index (χ4v) is 3.11. The van der Waals surface area contributed by atoms with Crippen LogP contribution in [0.1, 0.15) is 51.9 Å². The van der Waals surface area contributed by atoms with Crippen LogP contribution in [0.15, 0.2) is 0 Å². The maximum atomic E-state index is 12.4. The van der Waals surface area contributed by atoms with E-state index in [1.54, 1.807) is 0 Å². The Balaban J connectivity index is 1.73. The van der Waals surface area contributed by atoms with E-state index in [2.05, 4.69) is 17.6 Å². The van der Waals surface area contributed by atoms with Crippen molar-refractivity contribution in [2.24, 2.45) is 0 Å². The molecule has 4 amide bonds. The predicted molar refractivity (Wildman–Crippen MR) is 84.9 cm³/mol. The van der Waals surface area contributed by atoms with E-state index in [0.717, 1.165) is 37.0 Å². The summed E-state index contributed by atoms with van der Waals surface area (Å²) >= 11 is 0. The zero-order valence-corrected chi connectivity index (χ0v) is 14.1. The molecule has 1 aliphatic carbocycles. The highest BCUT2D eigenvalue weighted by Crippen LogP contribution is 2.34. The van der Waals surface area contributed by atoms with Crippen LogP contribution in [0.2, 0.25) is 0 Å². The second-order valence-corrected chi connectivity index (χ2v) is 6.33. The molecule has 8 heteroatoms. The smallest absolute Gasteiger partial charge is 0.326 e. The zero-order chi connectivity index (χ0) is 17.6. The van der Waals surface area contributed by atoms with Gasteiger partial charge in [-0.3, -0.25) is 19.3 Å². The predicted octanol–water partition coefficient (Wildman–Crippen LogP) is 0.701. The van der Waals surface area contributed by atoms with Crippen LogP contribution < -0.4 is 10.6 Å². The molecule has 0 aromatic rings. The van der Waals surface area contributed by atoms with Gasteiger partial charge in [0.15, 0.2) is 6.61 Å². The number of rotatable bonds is 8. The summed E-state index contributed by atoms with van der Waals surface area (Å²) in [7, 11) is 0. The number of urea groups is 1. The van der Waals surface area contributed by atoms with E-state index < -0.39 is 30.7 Å². The van der Waals surface area contributed by atoms with Crippen molar-refractivity contribution in [1.82, 2.24) is 15.5 Å². The number of ether oxygens (including phenoxy) is 1. The van der Waals surface area contributed by atoms with Crippen LogP contribution >= 0.6 is 0 Å². The van der Waals surface area contributed by atoms with Gasteiger partial charge in [0.1, 0.15) is 12.1 Å². The third kappa shape index (κ3) is 4.24. The van der Waals surface area contributed by atoms with Gasteiger partial charge in [-0.1, -0.05) is 32.6 Å². The number of carbonyl (C=O) groups excluding carboxylic acids is 4. The second kappa shape index (κ2) is 8.12. The normalized spacial score (nSPS) is 18.8. The molecule has 2 aliphatic rings. The number of esters is 1. The molecule has 24 heavy (non-hydrogen) atoms. The van der Waals surface area contributed by atoms with Crippen molar-refractivity contribution in [1.29, 1.82) is 0 Å². The lowest BCUT2D eigenvalue weighted by molar-refractivity contribution is -0.151. The maximum absolute atomic E-state index is 12.4. The van der Waals surface area contributed by atoms with Crippen molar-refractivity contribution in [3.63, 3.8) is 0 Å². The summed E-state index contributed by atoms with van der Waals surface area (Å²) in [5.41, 5.74) is -0.839. The minimum atomic E-state index is -0.839. The van der Waals surface area contributed by atoms with E-state index in [1.165, 1.54) is 0 Å². The van der Waals surface area contributed by atoms with Gasteiger partial charge < -0.3 is 15.4 Å². The van der Waals surface area contributed by atoms with E-state index in [0.29, 0.717) is 19.4 Å². The number of imide groups is 1. The third-order valence-electron chi connectivity index (χ3n) is 4.46. The van der Waals surface area contributed by atoms with Gasteiger partial charge in [0.25, 0.3) is 11.8 Å². The number of carbonyl (C=O) groups is 4. The molecule has 2 rings (SSSR count). The van der Waals surface area contributed by atoms with Gasteiger partial charge in [-0.25, -0.2) is 4.79 Å². The molecule has 134 valence electrons. The fraction of sp³-hybridized carbons (Fsp3) is 0.750. The summed E-state index contributed by atoms with van der Waals surface area (Å²) in [6.45, 7) is 1.74. The number of hydrogen-bond donors (Lipinski definition) is 2. The molecule has 2 N–H and O–H groups in total. The topological polar surface area (TPSA) is 105 Å². The molecule has 8 nitrogen and oxygen atoms in total. The van der Waals surface area contributed by atoms with E-state index in [4.69, 9.17) is 4.74 Å². The van der Waals surface area contributed by atoms with Crippen LogP contribution in [-0.4, -0.2) is 54.0 Å². The first-order chi connectivity index (χ1) is 11.5. The Labute approximate surface area is 141 Å². The maximum Gasteiger partial charge on any atom is 0.326 e. The fourth-order valence-electron chi connectivity index (χ4n) is 3.11. The van der Waals surface area contributed by atoms with Crippen LogP contribution in [-0.2, 0) is 19.1 Å². The van der Waals surface area contributed by atoms with E-state index in [9.17, 15) is 19.2 Å². The van der Waals surface area contributed by atoms with Crippen molar-refractivity contribution < 1.29 is 23.9 Å². The van der Waals surface area contributed by atoms with Crippen LogP contribution in [0.5, 0.6) is 0 Å². The second-order valence-electron chi connectivity index (χ2n) is 6.33. The highest BCUT2D eigenvalue weighted by molar-refractivity contribution is 6.08. The third-order valence-corrected chi connectivity index (χ3v) is 4.46. The standard InChI is InChI=1S/C16H25N3O5/c1-2-3-6-9-17-12(20)11-24-13(21)10-19-14(22)16(18-15(19)23)7-4-5-8-16/h2-11H2,1H3,(H,17,20)(H,18,23). The molecule has 1 saturated heterocycles. The summed E-state index contributed by atoms with van der Waals surface area (Å²) in [4.78, 5) is 48.5. The first-order valence-corrected chi connectivity index (χ1v) is 8.55. The van der Waals surface area contributed by atoms with Gasteiger partial charge in [-0.2, -0.15) is 0 Å². The monoisotopic (exact) mass is 339 g/mol. The Hall–Kier alpha value is -2.12. The lowest BCUT2D eigenvalue weighted by Gasteiger charge is -2.19. The molecule has 0 bridgehead atoms. The number of unbranched alkanes of at least 4 members (excludes halogenated alkanes) is 2. The number of nitrogens with one attached hydrogen (secondary N) is 2. The molecule has 0 aromatic heterocycles. The van der Waals surface area contributed by atoms with Gasteiger partial charge in [0.05, 0.1) is 0 Å². The van der Waals surface area contributed by atoms with Crippen molar-refractivity contribution in [2.45, 2.75) is 57.4 Å². The number of amides is 4. The SMILES string of the molecule is CCCCCNC(=O)COC(=O)CN1C(=O)NC2(CCCC2)C1=O. The van der Waals surface area contributed by atoms with Gasteiger partial charge in [0.2, 0.25) is 0 Å². The molecule has 0 aromatic carbocycles. The van der Waals surface area contributed by atoms with Crippen molar-refractivity contribution in [2.75, 3.05) is 19.7 Å². The summed E-state index contributed by atoms with van der Waals surface area (Å²) < 4.78 is 4.85. The van der Waals surface area contributed by atoms with Crippen LogP contribution in [0.4, 0.5) is 4.79 Å². The Morgan fingerprint density at radius 3 is 2.62 bits per heavy atom. The Kier molecular flexibility index (Phi) is 6.16. The van der Waals surface area contributed by atoms with Crippen molar-refractivity contribution in [3.8, 4) is 0 Å². The molecular weight excluding hydrogens is 314 g/mol. The molecule has 0 unspecified atom stereocenters. The Morgan fingerprint density at radius 1 is 1.25 bits per heavy atom. The van der Waals surface area contributed by atoms with Gasteiger partial charge in [-0.15, -0.1) is 0 Å². The largest absolute Gasteiger partial charge is 0.454 e. The van der Waals surface area contributed by atoms with Gasteiger partial charge >= 0.3 is 12.0 Å². The van der Waals surface area contributed by atoms with Crippen LogP contribution in [0.3, 0.4) is 0 Å². The lowest BCUT2D eigenvalue weighted by atomic mass is 9.98. The summed E-state index contributed by atoms with van der Waals surface area (Å²) in [5, 5.41) is 5.34. The highest BCUT2D eigenvalue weighted by Gasteiger charge is 2.52. The molecule has 1 heterocycles. The van der Waals surface area contributed by atoms with Crippen molar-refractivity contribution in [3.05, 3.63) is 0 Å². The highest BCUT2D eigenvalue weighted by atomic mass is 16.5. The Bertz CT molecular complexity index is 514.